The molecule has 0 atom stereocenters. The Bertz CT molecular complexity index is 4280. The van der Waals surface area contributed by atoms with Gasteiger partial charge < -0.3 is 9.67 Å². The van der Waals surface area contributed by atoms with Crippen molar-refractivity contribution in [3.8, 4) is 73.2 Å². The van der Waals surface area contributed by atoms with Gasteiger partial charge in [-0.25, -0.2) is 4.98 Å². The zero-order chi connectivity index (χ0) is 59.5. The van der Waals surface area contributed by atoms with E-state index in [1.807, 2.05) is 6.20 Å². The third kappa shape index (κ3) is 10.6. The van der Waals surface area contributed by atoms with Crippen LogP contribution in [0.15, 0.2) is 176 Å². The Kier molecular flexibility index (Phi) is 13.8. The summed E-state index contributed by atoms with van der Waals surface area (Å²) in [5, 5.41) is 15.2. The third-order valence-electron chi connectivity index (χ3n) is 17.0. The maximum atomic E-state index is 12.8. The molecule has 11 rings (SSSR count). The number of fused-ring (bicyclic) bond motifs is 4. The second-order valence-electron chi connectivity index (χ2n) is 29.5. The number of hydrogen-bond donors (Lipinski definition) is 1. The SMILES string of the molecule is CC(C)(C)c1cc(-c2cc(-c3cccc4c5ccccc5n(-c5cc(C(C)(C)C)cc(C(C)(C)C)c5)c34)ccn2)cc(-c2cccc3c2nc(-c2cc(C(C)(C)C)cc(C(C)(C)C)c2O)n3-c2ccc(C(C)(C)C)cc2-c2ccccc2)c1. The Morgan fingerprint density at radius 3 is 1.57 bits per heavy atom. The number of benzene rings is 8. The number of para-hydroxylation sites is 3. The summed E-state index contributed by atoms with van der Waals surface area (Å²) in [4.78, 5) is 11.0. The van der Waals surface area contributed by atoms with Crippen molar-refractivity contribution in [2.75, 3.05) is 0 Å². The highest BCUT2D eigenvalue weighted by atomic mass is 16.3. The molecule has 0 amide bonds. The van der Waals surface area contributed by atoms with Crippen LogP contribution in [-0.2, 0) is 32.5 Å². The van der Waals surface area contributed by atoms with Gasteiger partial charge in [-0.05, 0) is 144 Å². The molecule has 8 aromatic carbocycles. The van der Waals surface area contributed by atoms with Crippen molar-refractivity contribution in [2.24, 2.45) is 0 Å². The molecule has 0 bridgehead atoms. The van der Waals surface area contributed by atoms with E-state index in [9.17, 15) is 5.11 Å². The Morgan fingerprint density at radius 2 is 0.916 bits per heavy atom. The molecule has 0 saturated heterocycles. The van der Waals surface area contributed by atoms with Crippen molar-refractivity contribution in [3.05, 3.63) is 209 Å². The van der Waals surface area contributed by atoms with Gasteiger partial charge in [-0.2, -0.15) is 0 Å². The Balaban J connectivity index is 1.16. The van der Waals surface area contributed by atoms with Gasteiger partial charge in [0.1, 0.15) is 11.6 Å². The number of imidazole rings is 1. The summed E-state index contributed by atoms with van der Waals surface area (Å²) in [5.74, 6) is 0.943. The molecule has 5 heteroatoms. The quantitative estimate of drug-likeness (QED) is 0.173. The largest absolute Gasteiger partial charge is 0.507 e. The maximum absolute atomic E-state index is 12.8. The minimum atomic E-state index is -0.347. The first-order chi connectivity index (χ1) is 38.9. The molecule has 0 saturated carbocycles. The lowest BCUT2D eigenvalue weighted by Crippen LogP contribution is -2.17. The van der Waals surface area contributed by atoms with Crippen molar-refractivity contribution in [1.82, 2.24) is 19.1 Å². The number of pyridine rings is 1. The highest BCUT2D eigenvalue weighted by Crippen LogP contribution is 2.47. The van der Waals surface area contributed by atoms with Crippen LogP contribution in [0, 0.1) is 0 Å². The minimum absolute atomic E-state index is 0.0483. The topological polar surface area (TPSA) is 55.9 Å². The van der Waals surface area contributed by atoms with Crippen LogP contribution in [0.2, 0.25) is 0 Å². The van der Waals surface area contributed by atoms with Crippen LogP contribution in [-0.4, -0.2) is 24.2 Å². The Morgan fingerprint density at radius 1 is 0.361 bits per heavy atom. The van der Waals surface area contributed by atoms with Crippen LogP contribution in [0.3, 0.4) is 0 Å². The zero-order valence-electron chi connectivity index (χ0n) is 52.5. The van der Waals surface area contributed by atoms with E-state index in [2.05, 4.69) is 304 Å². The zero-order valence-corrected chi connectivity index (χ0v) is 52.5. The fourth-order valence-corrected chi connectivity index (χ4v) is 11.9. The molecule has 0 fully saturated rings. The van der Waals surface area contributed by atoms with Gasteiger partial charge in [-0.15, -0.1) is 0 Å². The first-order valence-corrected chi connectivity index (χ1v) is 29.8. The number of aromatic nitrogens is 4. The molecule has 11 aromatic rings. The van der Waals surface area contributed by atoms with Crippen LogP contribution in [0.5, 0.6) is 5.75 Å². The maximum Gasteiger partial charge on any atom is 0.149 e. The number of phenolic OH excluding ortho intramolecular Hbond substituents is 1. The predicted molar refractivity (Wildman–Crippen MR) is 354 cm³/mol. The van der Waals surface area contributed by atoms with Crippen LogP contribution in [0.25, 0.3) is 100 Å². The molecule has 0 spiro atoms. The lowest BCUT2D eigenvalue weighted by Gasteiger charge is -2.28. The van der Waals surface area contributed by atoms with Crippen molar-refractivity contribution < 1.29 is 5.11 Å². The van der Waals surface area contributed by atoms with E-state index < -0.39 is 0 Å². The van der Waals surface area contributed by atoms with Crippen LogP contribution >= 0.6 is 0 Å². The van der Waals surface area contributed by atoms with Crippen molar-refractivity contribution in [2.45, 2.75) is 157 Å². The predicted octanol–water partition coefficient (Wildman–Crippen LogP) is 21.3. The van der Waals surface area contributed by atoms with Crippen molar-refractivity contribution >= 4 is 32.8 Å². The molecule has 0 aliphatic heterocycles. The Labute approximate surface area is 494 Å². The van der Waals surface area contributed by atoms with E-state index >= 15 is 0 Å². The smallest absolute Gasteiger partial charge is 0.149 e. The second-order valence-corrected chi connectivity index (χ2v) is 29.5. The van der Waals surface area contributed by atoms with E-state index in [1.54, 1.807) is 0 Å². The molecule has 422 valence electrons. The average molecular weight is 1090 g/mol. The minimum Gasteiger partial charge on any atom is -0.507 e. The van der Waals surface area contributed by atoms with Gasteiger partial charge in [-0.1, -0.05) is 228 Å². The normalized spacial score (nSPS) is 13.0. The molecule has 0 radical (unpaired) electrons. The van der Waals surface area contributed by atoms with Crippen molar-refractivity contribution in [1.29, 1.82) is 0 Å². The molecule has 0 aliphatic carbocycles. The summed E-state index contributed by atoms with van der Waals surface area (Å²) in [5.41, 5.74) is 21.6. The first kappa shape index (κ1) is 56.8. The molecule has 0 unspecified atom stereocenters. The number of phenols is 1. The summed E-state index contributed by atoms with van der Waals surface area (Å²) < 4.78 is 4.81. The van der Waals surface area contributed by atoms with Gasteiger partial charge in [0.2, 0.25) is 0 Å². The highest BCUT2D eigenvalue weighted by Gasteiger charge is 2.31. The van der Waals surface area contributed by atoms with Crippen molar-refractivity contribution in [3.63, 3.8) is 0 Å². The van der Waals surface area contributed by atoms with Gasteiger partial charge in [0.05, 0.1) is 39.0 Å². The van der Waals surface area contributed by atoms with E-state index in [1.165, 1.54) is 49.7 Å². The van der Waals surface area contributed by atoms with Crippen LogP contribution in [0.1, 0.15) is 158 Å². The molecule has 3 heterocycles. The fourth-order valence-electron chi connectivity index (χ4n) is 11.9. The van der Waals surface area contributed by atoms with Gasteiger partial charge in [0, 0.05) is 50.5 Å². The van der Waals surface area contributed by atoms with Gasteiger partial charge in [0.25, 0.3) is 0 Å². The molecular weight excluding hydrogens is 1010 g/mol. The monoisotopic (exact) mass is 1090 g/mol. The number of rotatable bonds is 7. The summed E-state index contributed by atoms with van der Waals surface area (Å²) in [6.45, 7) is 40.8. The van der Waals surface area contributed by atoms with E-state index in [0.717, 1.165) is 72.5 Å². The number of nitrogens with zero attached hydrogens (tertiary/aromatic N) is 4. The number of aromatic hydroxyl groups is 1. The van der Waals surface area contributed by atoms with E-state index in [-0.39, 0.29) is 38.2 Å². The average Bonchev–Trinajstić information content (AvgIpc) is 1.93. The molecule has 3 aromatic heterocycles. The third-order valence-corrected chi connectivity index (χ3v) is 17.0. The standard InChI is InChI=1S/C78H84N4O/c1-73(2,3)52-34-35-67(62(45-52)48-26-20-19-21-27-48)82-68-33-25-29-58(69(68)80-72(82)63-46-56(77(13,14)15)47-64(71(63)83)78(16,17)18)50-38-51(40-53(39-50)74(4,5)6)65-41-49(36-37-79-65)59-30-24-31-61-60-28-22-23-32-66(60)81(70(59)61)57-43-54(75(7,8)9)42-55(44-57)76(10,11)12/h19-47,83H,1-18H3. The number of hydrogen-bond acceptors (Lipinski definition) is 3. The lowest BCUT2D eigenvalue weighted by atomic mass is 9.79. The van der Waals surface area contributed by atoms with E-state index in [4.69, 9.17) is 9.97 Å². The van der Waals surface area contributed by atoms with E-state index in [0.29, 0.717) is 11.4 Å². The summed E-state index contributed by atoms with van der Waals surface area (Å²) in [7, 11) is 0. The summed E-state index contributed by atoms with van der Waals surface area (Å²) in [6, 6.07) is 62.8. The Hall–Kier alpha value is -8.02. The van der Waals surface area contributed by atoms with Gasteiger partial charge in [0.15, 0.2) is 0 Å². The molecule has 1 N–H and O–H groups in total. The molecule has 83 heavy (non-hydrogen) atoms. The van der Waals surface area contributed by atoms with Crippen LogP contribution < -0.4 is 0 Å². The summed E-state index contributed by atoms with van der Waals surface area (Å²) >= 11 is 0. The van der Waals surface area contributed by atoms with Gasteiger partial charge >= 0.3 is 0 Å². The summed E-state index contributed by atoms with van der Waals surface area (Å²) in [6.07, 6.45) is 1.98. The highest BCUT2D eigenvalue weighted by molar-refractivity contribution is 6.14. The first-order valence-electron chi connectivity index (χ1n) is 29.8. The second kappa shape index (κ2) is 20.1. The lowest BCUT2D eigenvalue weighted by molar-refractivity contribution is 0.446. The molecule has 5 nitrogen and oxygen atoms in total. The fraction of sp³-hybridized carbons (Fsp3) is 0.308. The van der Waals surface area contributed by atoms with Crippen LogP contribution in [0.4, 0.5) is 0 Å². The van der Waals surface area contributed by atoms with Gasteiger partial charge in [-0.3, -0.25) is 9.55 Å². The molecular formula is C78H84N4O. The molecule has 0 aliphatic rings.